The van der Waals surface area contributed by atoms with E-state index < -0.39 is 23.8 Å². The van der Waals surface area contributed by atoms with Crippen LogP contribution in [0.3, 0.4) is 0 Å². The molecule has 11 heteroatoms. The highest BCUT2D eigenvalue weighted by Gasteiger charge is 2.17. The van der Waals surface area contributed by atoms with Gasteiger partial charge in [0.2, 0.25) is 0 Å². The molecule has 9 nitrogen and oxygen atoms in total. The maximum Gasteiger partial charge on any atom is 0.343 e. The van der Waals surface area contributed by atoms with E-state index in [-0.39, 0.29) is 38.4 Å². The molecule has 4 rings (SSSR count). The minimum absolute atomic E-state index is 0.0135. The highest BCUT2D eigenvalue weighted by atomic mass is 35.5. The van der Waals surface area contributed by atoms with Crippen molar-refractivity contribution in [2.75, 3.05) is 5.32 Å². The number of anilines is 1. The van der Waals surface area contributed by atoms with Crippen LogP contribution in [0.25, 0.3) is 0 Å². The Labute approximate surface area is 238 Å². The zero-order chi connectivity index (χ0) is 28.5. The number of carbonyl (C=O) groups is 4. The summed E-state index contributed by atoms with van der Waals surface area (Å²) in [4.78, 5) is 49.6. The van der Waals surface area contributed by atoms with E-state index in [1.165, 1.54) is 30.3 Å². The molecule has 0 radical (unpaired) electrons. The number of carbonyl (C=O) groups excluding carboxylic acids is 4. The summed E-state index contributed by atoms with van der Waals surface area (Å²) in [6, 6.07) is 25.4. The van der Waals surface area contributed by atoms with Crippen molar-refractivity contribution in [3.63, 3.8) is 0 Å². The normalized spacial score (nSPS) is 10.6. The number of halogens is 2. The molecule has 0 aliphatic rings. The molecule has 4 aromatic rings. The molecule has 0 atom stereocenters. The molecule has 0 fully saturated rings. The predicted molar refractivity (Wildman–Crippen MR) is 150 cm³/mol. The molecule has 0 heterocycles. The fraction of sp³-hybridized carbons (Fsp3) is 0. The van der Waals surface area contributed by atoms with Crippen LogP contribution in [0.5, 0.6) is 11.5 Å². The smallest absolute Gasteiger partial charge is 0.343 e. The molecule has 0 saturated carbocycles. The number of amides is 2. The van der Waals surface area contributed by atoms with Crippen molar-refractivity contribution in [3.8, 4) is 11.5 Å². The van der Waals surface area contributed by atoms with Crippen LogP contribution < -0.4 is 20.2 Å². The van der Waals surface area contributed by atoms with Gasteiger partial charge >= 0.3 is 23.8 Å². The van der Waals surface area contributed by atoms with Gasteiger partial charge in [-0.25, -0.2) is 15.0 Å². The predicted octanol–water partition coefficient (Wildman–Crippen LogP) is 5.52. The van der Waals surface area contributed by atoms with E-state index in [9.17, 15) is 19.2 Å². The van der Waals surface area contributed by atoms with Gasteiger partial charge in [-0.15, -0.1) is 0 Å². The first-order valence-electron chi connectivity index (χ1n) is 11.6. The highest BCUT2D eigenvalue weighted by Crippen LogP contribution is 2.29. The Morgan fingerprint density at radius 2 is 1.32 bits per heavy atom. The van der Waals surface area contributed by atoms with Gasteiger partial charge in [-0.1, -0.05) is 65.7 Å². The lowest BCUT2D eigenvalue weighted by molar-refractivity contribution is -0.136. The van der Waals surface area contributed by atoms with E-state index in [1.54, 1.807) is 66.7 Å². The average Bonchev–Trinajstić information content (AvgIpc) is 2.97. The fourth-order valence-corrected chi connectivity index (χ4v) is 3.58. The Bertz CT molecular complexity index is 1590. The van der Waals surface area contributed by atoms with E-state index >= 15 is 0 Å². The second-order valence-electron chi connectivity index (χ2n) is 7.97. The Hall–Kier alpha value is -4.99. The summed E-state index contributed by atoms with van der Waals surface area (Å²) < 4.78 is 10.9. The minimum atomic E-state index is -1.09. The maximum absolute atomic E-state index is 12.7. The van der Waals surface area contributed by atoms with Gasteiger partial charge in [0.25, 0.3) is 0 Å². The van der Waals surface area contributed by atoms with E-state index in [0.717, 1.165) is 6.21 Å². The van der Waals surface area contributed by atoms with Crippen molar-refractivity contribution in [1.82, 2.24) is 5.43 Å². The number of hydrazone groups is 1. The van der Waals surface area contributed by atoms with Crippen LogP contribution >= 0.6 is 23.2 Å². The molecule has 2 amide bonds. The first-order valence-corrected chi connectivity index (χ1v) is 12.3. The van der Waals surface area contributed by atoms with Gasteiger partial charge < -0.3 is 14.8 Å². The molecule has 0 aliphatic carbocycles. The second kappa shape index (κ2) is 13.2. The lowest BCUT2D eigenvalue weighted by atomic mass is 10.2. The minimum Gasteiger partial charge on any atom is -0.423 e. The highest BCUT2D eigenvalue weighted by molar-refractivity contribution is 6.45. The van der Waals surface area contributed by atoms with Gasteiger partial charge in [0.05, 0.1) is 33.1 Å². The van der Waals surface area contributed by atoms with Gasteiger partial charge in [0.15, 0.2) is 0 Å². The number of nitrogens with one attached hydrogen (secondary N) is 2. The number of hydrogen-bond acceptors (Lipinski definition) is 7. The van der Waals surface area contributed by atoms with Crippen molar-refractivity contribution >= 4 is 58.9 Å². The number of rotatable bonds is 7. The zero-order valence-electron chi connectivity index (χ0n) is 20.5. The van der Waals surface area contributed by atoms with Crippen LogP contribution in [0.4, 0.5) is 5.69 Å². The van der Waals surface area contributed by atoms with Crippen LogP contribution in [0.1, 0.15) is 26.3 Å². The molecule has 40 heavy (non-hydrogen) atoms. The molecule has 200 valence electrons. The lowest BCUT2D eigenvalue weighted by Crippen LogP contribution is -2.32. The Balaban J connectivity index is 1.50. The van der Waals surface area contributed by atoms with Gasteiger partial charge in [-0.2, -0.15) is 5.10 Å². The van der Waals surface area contributed by atoms with Crippen molar-refractivity contribution < 1.29 is 28.7 Å². The van der Waals surface area contributed by atoms with E-state index in [0.29, 0.717) is 5.56 Å². The third-order valence-corrected chi connectivity index (χ3v) is 6.01. The van der Waals surface area contributed by atoms with Crippen molar-refractivity contribution in [1.29, 1.82) is 0 Å². The van der Waals surface area contributed by atoms with Gasteiger partial charge in [-0.3, -0.25) is 9.59 Å². The first kappa shape index (κ1) is 28.0. The molecule has 0 saturated heterocycles. The number of hydrogen-bond donors (Lipinski definition) is 2. The summed E-state index contributed by atoms with van der Waals surface area (Å²) in [5.41, 5.74) is 3.08. The largest absolute Gasteiger partial charge is 0.423 e. The number of esters is 2. The standard InChI is InChI=1S/C29H19Cl2N3O6/c30-22-12-7-13-23(25(22)31)33-26(35)27(36)34-32-17-20-14-15-21(39-28(37)18-8-3-1-4-9-18)16-24(20)40-29(38)19-10-5-2-6-11-19/h1-17H,(H,33,35)(H,34,36)/b32-17+. The fourth-order valence-electron chi connectivity index (χ4n) is 3.24. The lowest BCUT2D eigenvalue weighted by Gasteiger charge is -2.11. The number of ether oxygens (including phenoxy) is 2. The van der Waals surface area contributed by atoms with Crippen LogP contribution in [0.2, 0.25) is 10.0 Å². The monoisotopic (exact) mass is 575 g/mol. The van der Waals surface area contributed by atoms with E-state index in [1.807, 2.05) is 0 Å². The Morgan fingerprint density at radius 3 is 1.98 bits per heavy atom. The van der Waals surface area contributed by atoms with Gasteiger partial charge in [0.1, 0.15) is 11.5 Å². The molecule has 0 bridgehead atoms. The van der Waals surface area contributed by atoms with E-state index in [2.05, 4.69) is 15.8 Å². The summed E-state index contributed by atoms with van der Waals surface area (Å²) in [5, 5.41) is 6.39. The van der Waals surface area contributed by atoms with Crippen molar-refractivity contribution in [2.45, 2.75) is 0 Å². The quantitative estimate of drug-likeness (QED) is 0.0982. The SMILES string of the molecule is O=C(N/N=C/c1ccc(OC(=O)c2ccccc2)cc1OC(=O)c1ccccc1)C(=O)Nc1cccc(Cl)c1Cl. The second-order valence-corrected chi connectivity index (χ2v) is 8.75. The summed E-state index contributed by atoms with van der Waals surface area (Å²) in [7, 11) is 0. The van der Waals surface area contributed by atoms with Crippen molar-refractivity contribution in [2.24, 2.45) is 5.10 Å². The molecule has 0 aliphatic heterocycles. The molecular weight excluding hydrogens is 557 g/mol. The van der Waals surface area contributed by atoms with Crippen LogP contribution in [-0.2, 0) is 9.59 Å². The summed E-state index contributed by atoms with van der Waals surface area (Å²) in [6.07, 6.45) is 1.16. The number of nitrogens with zero attached hydrogens (tertiary/aromatic N) is 1. The molecule has 4 aromatic carbocycles. The topological polar surface area (TPSA) is 123 Å². The molecule has 0 unspecified atom stereocenters. The van der Waals surface area contributed by atoms with Crippen LogP contribution in [0, 0.1) is 0 Å². The zero-order valence-corrected chi connectivity index (χ0v) is 22.0. The maximum atomic E-state index is 12.7. The summed E-state index contributed by atoms with van der Waals surface area (Å²) >= 11 is 11.9. The van der Waals surface area contributed by atoms with Gasteiger partial charge in [-0.05, 0) is 48.5 Å². The first-order chi connectivity index (χ1) is 19.3. The molecule has 2 N–H and O–H groups in total. The Morgan fingerprint density at radius 1 is 0.700 bits per heavy atom. The third kappa shape index (κ3) is 7.31. The summed E-state index contributed by atoms with van der Waals surface area (Å²) in [5.74, 6) is -3.34. The number of benzene rings is 4. The third-order valence-electron chi connectivity index (χ3n) is 5.19. The average molecular weight is 576 g/mol. The molecular formula is C29H19Cl2N3O6. The van der Waals surface area contributed by atoms with E-state index in [4.69, 9.17) is 32.7 Å². The van der Waals surface area contributed by atoms with Crippen LogP contribution in [-0.4, -0.2) is 30.0 Å². The van der Waals surface area contributed by atoms with Gasteiger partial charge in [0, 0.05) is 11.6 Å². The van der Waals surface area contributed by atoms with Crippen molar-refractivity contribution in [3.05, 3.63) is 124 Å². The molecule has 0 aromatic heterocycles. The summed E-state index contributed by atoms with van der Waals surface area (Å²) in [6.45, 7) is 0. The Kier molecular flexibility index (Phi) is 9.24. The molecule has 0 spiro atoms. The van der Waals surface area contributed by atoms with Crippen LogP contribution in [0.15, 0.2) is 102 Å².